The molecule has 2 rings (SSSR count). The summed E-state index contributed by atoms with van der Waals surface area (Å²) in [4.78, 5) is 8.18. The fraction of sp³-hybridized carbons (Fsp3) is 0.400. The van der Waals surface area contributed by atoms with Crippen LogP contribution in [0.1, 0.15) is 23.1 Å². The van der Waals surface area contributed by atoms with Gasteiger partial charge in [-0.15, -0.1) is 11.3 Å². The van der Waals surface area contributed by atoms with Gasteiger partial charge in [-0.1, -0.05) is 13.0 Å². The Morgan fingerprint density at radius 2 is 2.20 bits per heavy atom. The molecule has 0 fully saturated rings. The lowest BCUT2D eigenvalue weighted by atomic mass is 10.2. The predicted octanol–water partition coefficient (Wildman–Crippen LogP) is 3.65. The van der Waals surface area contributed by atoms with Crippen LogP contribution in [-0.4, -0.2) is 23.5 Å². The van der Waals surface area contributed by atoms with E-state index in [-0.39, 0.29) is 0 Å². The molecule has 0 aromatic carbocycles. The molecule has 0 spiro atoms. The zero-order valence-electron chi connectivity index (χ0n) is 11.9. The summed E-state index contributed by atoms with van der Waals surface area (Å²) in [6.45, 7) is 5.82. The van der Waals surface area contributed by atoms with Gasteiger partial charge in [-0.3, -0.25) is 9.88 Å². The summed E-state index contributed by atoms with van der Waals surface area (Å²) in [5.41, 5.74) is 2.35. The molecule has 2 heterocycles. The van der Waals surface area contributed by atoms with Crippen LogP contribution >= 0.6 is 27.3 Å². The molecule has 0 aliphatic carbocycles. The molecule has 0 saturated heterocycles. The fourth-order valence-corrected chi connectivity index (χ4v) is 3.49. The minimum absolute atomic E-state index is 0.872. The number of nitrogens with zero attached hydrogens (tertiary/aromatic N) is 2. The van der Waals surface area contributed by atoms with Crippen LogP contribution < -0.4 is 5.32 Å². The third-order valence-electron chi connectivity index (χ3n) is 2.94. The van der Waals surface area contributed by atoms with Crippen LogP contribution in [0.15, 0.2) is 34.2 Å². The standard InChI is InChI=1S/C15H20BrN3S/c1-3-17-7-12-4-5-14(18-8-12)9-19(2)10-15-6-13(16)11-20-15/h4-6,8,11,17H,3,7,9-10H2,1-2H3. The molecule has 0 aliphatic rings. The molecule has 0 unspecified atom stereocenters. The lowest BCUT2D eigenvalue weighted by molar-refractivity contribution is 0.318. The van der Waals surface area contributed by atoms with Crippen LogP contribution in [0.3, 0.4) is 0 Å². The lowest BCUT2D eigenvalue weighted by Gasteiger charge is -2.15. The highest BCUT2D eigenvalue weighted by molar-refractivity contribution is 9.10. The first-order valence-corrected chi connectivity index (χ1v) is 8.40. The third kappa shape index (κ3) is 4.98. The number of halogens is 1. The van der Waals surface area contributed by atoms with E-state index in [0.717, 1.165) is 36.3 Å². The Balaban J connectivity index is 1.85. The van der Waals surface area contributed by atoms with Crippen LogP contribution in [0.2, 0.25) is 0 Å². The molecular weight excluding hydrogens is 334 g/mol. The van der Waals surface area contributed by atoms with Crippen molar-refractivity contribution >= 4 is 27.3 Å². The zero-order valence-corrected chi connectivity index (χ0v) is 14.3. The SMILES string of the molecule is CCNCc1ccc(CN(C)Cc2cc(Br)cs2)nc1. The van der Waals surface area contributed by atoms with Crippen LogP contribution in [0, 0.1) is 0 Å². The van der Waals surface area contributed by atoms with Gasteiger partial charge in [0.2, 0.25) is 0 Å². The number of hydrogen-bond donors (Lipinski definition) is 1. The van der Waals surface area contributed by atoms with Crippen LogP contribution in [0.5, 0.6) is 0 Å². The minimum Gasteiger partial charge on any atom is -0.313 e. The number of thiophene rings is 1. The summed E-state index contributed by atoms with van der Waals surface area (Å²) >= 11 is 5.27. The van der Waals surface area contributed by atoms with Crippen molar-refractivity contribution in [2.45, 2.75) is 26.6 Å². The molecule has 20 heavy (non-hydrogen) atoms. The fourth-order valence-electron chi connectivity index (χ4n) is 1.96. The molecule has 0 amide bonds. The largest absolute Gasteiger partial charge is 0.313 e. The summed E-state index contributed by atoms with van der Waals surface area (Å²) in [6.07, 6.45) is 1.97. The molecule has 1 N–H and O–H groups in total. The maximum absolute atomic E-state index is 4.53. The van der Waals surface area contributed by atoms with Gasteiger partial charge in [-0.05, 0) is 47.2 Å². The average Bonchev–Trinajstić information content (AvgIpc) is 2.83. The molecule has 0 saturated carbocycles. The highest BCUT2D eigenvalue weighted by Crippen LogP contribution is 2.21. The monoisotopic (exact) mass is 353 g/mol. The van der Waals surface area contributed by atoms with E-state index in [1.165, 1.54) is 10.4 Å². The van der Waals surface area contributed by atoms with Crippen molar-refractivity contribution < 1.29 is 0 Å². The second-order valence-corrected chi connectivity index (χ2v) is 6.75. The zero-order chi connectivity index (χ0) is 14.4. The first-order valence-electron chi connectivity index (χ1n) is 6.73. The van der Waals surface area contributed by atoms with E-state index >= 15 is 0 Å². The maximum Gasteiger partial charge on any atom is 0.0544 e. The van der Waals surface area contributed by atoms with E-state index in [4.69, 9.17) is 0 Å². The summed E-state index contributed by atoms with van der Waals surface area (Å²) in [7, 11) is 2.13. The van der Waals surface area contributed by atoms with Crippen LogP contribution in [0.4, 0.5) is 0 Å². The molecule has 3 nitrogen and oxygen atoms in total. The van der Waals surface area contributed by atoms with Crippen LogP contribution in [0.25, 0.3) is 0 Å². The van der Waals surface area contributed by atoms with Crippen molar-refractivity contribution in [1.29, 1.82) is 0 Å². The van der Waals surface area contributed by atoms with Crippen molar-refractivity contribution in [3.05, 3.63) is 50.4 Å². The Hall–Kier alpha value is -0.750. The van der Waals surface area contributed by atoms with E-state index in [2.05, 4.69) is 68.7 Å². The first-order chi connectivity index (χ1) is 9.67. The molecule has 0 atom stereocenters. The molecule has 108 valence electrons. The lowest BCUT2D eigenvalue weighted by Crippen LogP contribution is -2.17. The number of nitrogens with one attached hydrogen (secondary N) is 1. The van der Waals surface area contributed by atoms with E-state index in [1.54, 1.807) is 11.3 Å². The quantitative estimate of drug-likeness (QED) is 0.823. The Bertz CT molecular complexity index is 524. The van der Waals surface area contributed by atoms with Gasteiger partial charge in [0, 0.05) is 40.6 Å². The van der Waals surface area contributed by atoms with Crippen molar-refractivity contribution in [2.75, 3.05) is 13.6 Å². The molecule has 0 aliphatic heterocycles. The minimum atomic E-state index is 0.872. The predicted molar refractivity (Wildman–Crippen MR) is 88.8 cm³/mol. The molecule has 0 radical (unpaired) electrons. The van der Waals surface area contributed by atoms with Gasteiger partial charge >= 0.3 is 0 Å². The van der Waals surface area contributed by atoms with Gasteiger partial charge in [-0.25, -0.2) is 0 Å². The number of rotatable bonds is 7. The third-order valence-corrected chi connectivity index (χ3v) is 4.63. The van der Waals surface area contributed by atoms with Crippen LogP contribution in [-0.2, 0) is 19.6 Å². The van der Waals surface area contributed by atoms with E-state index in [0.29, 0.717) is 0 Å². The molecule has 2 aromatic rings. The van der Waals surface area contributed by atoms with E-state index < -0.39 is 0 Å². The normalized spacial score (nSPS) is 11.2. The number of pyridine rings is 1. The van der Waals surface area contributed by atoms with Gasteiger partial charge in [0.25, 0.3) is 0 Å². The summed E-state index contributed by atoms with van der Waals surface area (Å²) in [6, 6.07) is 6.45. The molecule has 0 bridgehead atoms. The second-order valence-electron chi connectivity index (χ2n) is 4.84. The first kappa shape index (κ1) is 15.6. The molecular formula is C15H20BrN3S. The molecule has 5 heteroatoms. The summed E-state index contributed by atoms with van der Waals surface area (Å²) in [5, 5.41) is 5.43. The maximum atomic E-state index is 4.53. The Morgan fingerprint density at radius 3 is 2.80 bits per heavy atom. The van der Waals surface area contributed by atoms with Gasteiger partial charge < -0.3 is 5.32 Å². The highest BCUT2D eigenvalue weighted by Gasteiger charge is 2.05. The van der Waals surface area contributed by atoms with E-state index in [1.807, 2.05) is 6.20 Å². The number of aromatic nitrogens is 1. The van der Waals surface area contributed by atoms with Gasteiger partial charge in [-0.2, -0.15) is 0 Å². The van der Waals surface area contributed by atoms with Crippen molar-refractivity contribution in [1.82, 2.24) is 15.2 Å². The average molecular weight is 354 g/mol. The van der Waals surface area contributed by atoms with Crippen molar-refractivity contribution in [3.8, 4) is 0 Å². The van der Waals surface area contributed by atoms with E-state index in [9.17, 15) is 0 Å². The Kier molecular flexibility index (Phi) is 6.16. The summed E-state index contributed by atoms with van der Waals surface area (Å²) < 4.78 is 1.16. The highest BCUT2D eigenvalue weighted by atomic mass is 79.9. The van der Waals surface area contributed by atoms with Crippen molar-refractivity contribution in [2.24, 2.45) is 0 Å². The van der Waals surface area contributed by atoms with Crippen molar-refractivity contribution in [3.63, 3.8) is 0 Å². The number of hydrogen-bond acceptors (Lipinski definition) is 4. The van der Waals surface area contributed by atoms with Gasteiger partial charge in [0.15, 0.2) is 0 Å². The van der Waals surface area contributed by atoms with Gasteiger partial charge in [0.1, 0.15) is 0 Å². The Morgan fingerprint density at radius 1 is 1.35 bits per heavy atom. The Labute approximate surface area is 133 Å². The molecule has 2 aromatic heterocycles. The second kappa shape index (κ2) is 7.88. The smallest absolute Gasteiger partial charge is 0.0544 e. The van der Waals surface area contributed by atoms with Gasteiger partial charge in [0.05, 0.1) is 5.69 Å². The summed E-state index contributed by atoms with van der Waals surface area (Å²) in [5.74, 6) is 0. The topological polar surface area (TPSA) is 28.2 Å².